The zero-order chi connectivity index (χ0) is 44.3. The van der Waals surface area contributed by atoms with Crippen LogP contribution in [0.1, 0.15) is 114 Å². The SMILES string of the molecule is CC(C)(C)c1cc2c(cc1-c1ccccc1)[cH-]c1cc(-c3ccccc3)c(C(C)(C)C)cc12.CCCCc1ccc([C](c2ccc(CCCC)cc2)=[Zr]([Cl])[Cl])cc1.c1cc[cH-]c1. The number of halogens is 2. The molecule has 320 valence electrons. The van der Waals surface area contributed by atoms with E-state index in [1.54, 1.807) is 0 Å². The second-order valence-corrected chi connectivity index (χ2v) is 26.7. The summed E-state index contributed by atoms with van der Waals surface area (Å²) in [6, 6.07) is 61.4. The molecule has 0 radical (unpaired) electrons. The van der Waals surface area contributed by atoms with Gasteiger partial charge < -0.3 is 0 Å². The van der Waals surface area contributed by atoms with Crippen molar-refractivity contribution in [1.82, 2.24) is 0 Å². The fraction of sp³-hybridized carbons (Fsp3) is 0.271. The standard InChI is InChI=1S/C33H33.C21H26.C5H5.2ClH.Zr/c1-32(2,3)30-20-26-24(18-28(30)22-13-9-7-10-14-22)17-25-19-29(23-15-11-8-12-16-23)31(21-27(25)26)33(4,5)6;1-3-5-7-18-9-13-20(14-10-18)17-21-15-11-19(12-16-21)8-6-4-2;1-2-4-5-3-1;;;/h7-21H,1-6H3;9-16H,3-8H2,1-2H3;1-5H;2*1H;/q-1;;-1;;;+2/p-2. The fourth-order valence-corrected chi connectivity index (χ4v) is 12.7. The summed E-state index contributed by atoms with van der Waals surface area (Å²) in [5.41, 5.74) is 13.3. The summed E-state index contributed by atoms with van der Waals surface area (Å²) in [5, 5.41) is 5.36. The van der Waals surface area contributed by atoms with Crippen LogP contribution in [0.2, 0.25) is 0 Å². The summed E-state index contributed by atoms with van der Waals surface area (Å²) < 4.78 is 1.19. The first-order chi connectivity index (χ1) is 29.8. The Bertz CT molecular complexity index is 2450. The molecule has 0 heterocycles. The van der Waals surface area contributed by atoms with Gasteiger partial charge in [-0.1, -0.05) is 114 Å². The number of rotatable bonds is 10. The molecule has 0 aliphatic heterocycles. The molecular formula is C59H64Cl2Zr-2. The first-order valence-electron chi connectivity index (χ1n) is 22.5. The van der Waals surface area contributed by atoms with Gasteiger partial charge in [0.1, 0.15) is 0 Å². The molecule has 0 saturated carbocycles. The third-order valence-electron chi connectivity index (χ3n) is 11.6. The molecule has 0 aromatic heterocycles. The molecule has 0 fully saturated rings. The maximum Gasteiger partial charge on any atom is -0.172 e. The molecule has 0 aliphatic rings. The van der Waals surface area contributed by atoms with E-state index in [2.05, 4.69) is 195 Å². The van der Waals surface area contributed by atoms with E-state index in [-0.39, 0.29) is 10.8 Å². The minimum absolute atomic E-state index is 0.0554. The Morgan fingerprint density at radius 1 is 0.500 bits per heavy atom. The van der Waals surface area contributed by atoms with E-state index in [1.807, 2.05) is 30.3 Å². The van der Waals surface area contributed by atoms with Crippen LogP contribution in [-0.4, -0.2) is 3.21 Å². The molecule has 0 nitrogen and oxygen atoms in total. The van der Waals surface area contributed by atoms with Crippen LogP contribution in [0.15, 0.2) is 170 Å². The normalized spacial score (nSPS) is 11.5. The van der Waals surface area contributed by atoms with Crippen molar-refractivity contribution in [3.8, 4) is 22.3 Å². The zero-order valence-corrected chi connectivity index (χ0v) is 42.1. The summed E-state index contributed by atoms with van der Waals surface area (Å²) in [4.78, 5) is 0. The molecule has 0 spiro atoms. The monoisotopic (exact) mass is 932 g/mol. The predicted molar refractivity (Wildman–Crippen MR) is 272 cm³/mol. The number of unbranched alkanes of at least 4 members (excludes halogenated alkanes) is 2. The first-order valence-corrected chi connectivity index (χ1v) is 30.1. The van der Waals surface area contributed by atoms with Crippen LogP contribution in [0.25, 0.3) is 43.8 Å². The number of fused-ring (bicyclic) bond motifs is 3. The van der Waals surface area contributed by atoms with Gasteiger partial charge in [0.25, 0.3) is 0 Å². The van der Waals surface area contributed by atoms with Crippen molar-refractivity contribution in [3.05, 3.63) is 203 Å². The van der Waals surface area contributed by atoms with E-state index in [9.17, 15) is 0 Å². The van der Waals surface area contributed by atoms with E-state index < -0.39 is 18.9 Å². The van der Waals surface area contributed by atoms with Crippen molar-refractivity contribution in [2.24, 2.45) is 0 Å². The van der Waals surface area contributed by atoms with Crippen LogP contribution in [0.3, 0.4) is 0 Å². The average molecular weight is 935 g/mol. The Morgan fingerprint density at radius 3 is 1.19 bits per heavy atom. The average Bonchev–Trinajstić information content (AvgIpc) is 3.97. The molecule has 8 aromatic rings. The van der Waals surface area contributed by atoms with Crippen molar-refractivity contribution in [2.45, 2.75) is 105 Å². The second-order valence-electron chi connectivity index (χ2n) is 18.5. The summed E-state index contributed by atoms with van der Waals surface area (Å²) in [6.07, 6.45) is 7.22. The zero-order valence-electron chi connectivity index (χ0n) is 38.2. The molecular weight excluding hydrogens is 871 g/mol. The van der Waals surface area contributed by atoms with Crippen LogP contribution in [0.4, 0.5) is 0 Å². The van der Waals surface area contributed by atoms with Gasteiger partial charge in [-0.2, -0.15) is 18.2 Å². The first kappa shape index (κ1) is 47.4. The van der Waals surface area contributed by atoms with Crippen molar-refractivity contribution < 1.29 is 18.9 Å². The molecule has 0 amide bonds. The summed E-state index contributed by atoms with van der Waals surface area (Å²) in [5.74, 6) is 0. The van der Waals surface area contributed by atoms with Crippen molar-refractivity contribution in [2.75, 3.05) is 0 Å². The Hall–Kier alpha value is -4.13. The molecule has 0 unspecified atom stereocenters. The van der Waals surface area contributed by atoms with E-state index >= 15 is 0 Å². The number of benzene rings is 6. The van der Waals surface area contributed by atoms with Crippen LogP contribution < -0.4 is 0 Å². The van der Waals surface area contributed by atoms with Gasteiger partial charge in [0.2, 0.25) is 0 Å². The van der Waals surface area contributed by atoms with Gasteiger partial charge in [-0.15, -0.1) is 39.7 Å². The molecule has 8 aromatic carbocycles. The van der Waals surface area contributed by atoms with Crippen molar-refractivity contribution in [3.63, 3.8) is 0 Å². The molecule has 0 bridgehead atoms. The van der Waals surface area contributed by atoms with Gasteiger partial charge in [-0.05, 0) is 44.2 Å². The number of aryl methyl sites for hydroxylation is 2. The van der Waals surface area contributed by atoms with E-state index in [0.29, 0.717) is 0 Å². The van der Waals surface area contributed by atoms with E-state index in [0.717, 1.165) is 12.8 Å². The van der Waals surface area contributed by atoms with Gasteiger partial charge in [-0.25, -0.2) is 12.1 Å². The third-order valence-corrected chi connectivity index (χ3v) is 16.2. The number of hydrogen-bond acceptors (Lipinski definition) is 0. The molecule has 8 rings (SSSR count). The molecule has 0 aliphatic carbocycles. The molecule has 0 saturated heterocycles. The topological polar surface area (TPSA) is 0 Å². The van der Waals surface area contributed by atoms with Gasteiger partial charge in [0, 0.05) is 0 Å². The molecule has 0 N–H and O–H groups in total. The van der Waals surface area contributed by atoms with Crippen molar-refractivity contribution in [1.29, 1.82) is 0 Å². The summed E-state index contributed by atoms with van der Waals surface area (Å²) in [7, 11) is 13.0. The second kappa shape index (κ2) is 22.0. The quantitative estimate of drug-likeness (QED) is 0.120. The van der Waals surface area contributed by atoms with E-state index in [4.69, 9.17) is 17.0 Å². The third kappa shape index (κ3) is 12.3. The van der Waals surface area contributed by atoms with Gasteiger partial charge in [-0.3, -0.25) is 0 Å². The minimum atomic E-state index is -2.54. The van der Waals surface area contributed by atoms with Crippen LogP contribution >= 0.6 is 17.0 Å². The maximum absolute atomic E-state index is 6.48. The summed E-state index contributed by atoms with van der Waals surface area (Å²) >= 11 is -2.54. The Balaban J connectivity index is 0.000000193. The molecule has 0 atom stereocenters. The van der Waals surface area contributed by atoms with Crippen LogP contribution in [-0.2, 0) is 42.6 Å². The van der Waals surface area contributed by atoms with E-state index in [1.165, 1.54) is 106 Å². The fourth-order valence-electron chi connectivity index (χ4n) is 8.20. The Kier molecular flexibility index (Phi) is 16.8. The number of hydrogen-bond donors (Lipinski definition) is 0. The van der Waals surface area contributed by atoms with Crippen LogP contribution in [0, 0.1) is 0 Å². The summed E-state index contributed by atoms with van der Waals surface area (Å²) in [6.45, 7) is 18.4. The Morgan fingerprint density at radius 2 is 0.887 bits per heavy atom. The van der Waals surface area contributed by atoms with Gasteiger partial charge in [0.05, 0.1) is 0 Å². The van der Waals surface area contributed by atoms with Gasteiger partial charge in [0.15, 0.2) is 0 Å². The molecule has 62 heavy (non-hydrogen) atoms. The maximum atomic E-state index is 6.48. The minimum Gasteiger partial charge on any atom is -0.214 e. The molecule has 3 heteroatoms. The Labute approximate surface area is 388 Å². The van der Waals surface area contributed by atoms with Crippen LogP contribution in [0.5, 0.6) is 0 Å². The van der Waals surface area contributed by atoms with Crippen molar-refractivity contribution >= 4 is 41.8 Å². The smallest absolute Gasteiger partial charge is 0.172 e. The van der Waals surface area contributed by atoms with Gasteiger partial charge >= 0.3 is 162 Å². The largest absolute Gasteiger partial charge is 0.214 e. The predicted octanol–water partition coefficient (Wildman–Crippen LogP) is 17.9.